The second-order valence-corrected chi connectivity index (χ2v) is 7.58. The molecule has 0 saturated carbocycles. The molecule has 0 saturated heterocycles. The van der Waals surface area contributed by atoms with Gasteiger partial charge in [-0.05, 0) is 45.0 Å². The molecule has 0 fully saturated rings. The average molecular weight is 299 g/mol. The Hall–Kier alpha value is -1.56. The monoisotopic (exact) mass is 299 g/mol. The van der Waals surface area contributed by atoms with Crippen LogP contribution in [0.15, 0.2) is 29.2 Å². The van der Waals surface area contributed by atoms with Gasteiger partial charge in [0.2, 0.25) is 0 Å². The maximum absolute atomic E-state index is 11.5. The number of rotatable bonds is 5. The number of carbonyl (C=O) groups excluding carboxylic acids is 1. The van der Waals surface area contributed by atoms with Crippen molar-refractivity contribution in [3.05, 3.63) is 24.3 Å². The number of nitrogens with one attached hydrogen (secondary N) is 1. The third kappa shape index (κ3) is 6.06. The van der Waals surface area contributed by atoms with E-state index in [1.165, 1.54) is 12.1 Å². The second kappa shape index (κ2) is 6.26. The second-order valence-electron chi connectivity index (χ2n) is 5.56. The van der Waals surface area contributed by atoms with Gasteiger partial charge < -0.3 is 10.1 Å². The molecule has 20 heavy (non-hydrogen) atoms. The maximum Gasteiger partial charge on any atom is 0.308 e. The summed E-state index contributed by atoms with van der Waals surface area (Å²) in [6.07, 6.45) is 1.42. The van der Waals surface area contributed by atoms with Gasteiger partial charge in [0.05, 0.1) is 11.3 Å². The maximum atomic E-state index is 11.5. The number of sulfone groups is 1. The van der Waals surface area contributed by atoms with Gasteiger partial charge in [-0.3, -0.25) is 4.79 Å². The Balaban J connectivity index is 2.45. The predicted octanol–water partition coefficient (Wildman–Crippen LogP) is 2.23. The topological polar surface area (TPSA) is 72.5 Å². The SMILES string of the molecule is CC(C)(C)OC(=O)CCNc1ccc(S(C)(=O)=O)cc1. The molecule has 0 unspecified atom stereocenters. The summed E-state index contributed by atoms with van der Waals surface area (Å²) in [6.45, 7) is 5.90. The van der Waals surface area contributed by atoms with Crippen LogP contribution in [-0.4, -0.2) is 32.8 Å². The molecular weight excluding hydrogens is 278 g/mol. The Kier molecular flexibility index (Phi) is 5.16. The molecule has 0 radical (unpaired) electrons. The summed E-state index contributed by atoms with van der Waals surface area (Å²) in [5.74, 6) is -0.266. The van der Waals surface area contributed by atoms with E-state index in [4.69, 9.17) is 4.74 Å². The van der Waals surface area contributed by atoms with Gasteiger partial charge >= 0.3 is 5.97 Å². The minimum Gasteiger partial charge on any atom is -0.460 e. The Labute approximate surface area is 120 Å². The summed E-state index contributed by atoms with van der Waals surface area (Å²) in [7, 11) is -3.18. The van der Waals surface area contributed by atoms with Gasteiger partial charge in [-0.15, -0.1) is 0 Å². The van der Waals surface area contributed by atoms with Crippen LogP contribution in [0.3, 0.4) is 0 Å². The quantitative estimate of drug-likeness (QED) is 0.844. The number of carbonyl (C=O) groups is 1. The number of ether oxygens (including phenoxy) is 1. The molecule has 0 heterocycles. The smallest absolute Gasteiger partial charge is 0.308 e. The molecule has 112 valence electrons. The normalized spacial score (nSPS) is 12.0. The Bertz CT molecular complexity index is 556. The molecule has 1 N–H and O–H groups in total. The van der Waals surface area contributed by atoms with Crippen LogP contribution in [0.2, 0.25) is 0 Å². The van der Waals surface area contributed by atoms with Crippen molar-refractivity contribution in [3.63, 3.8) is 0 Å². The number of hydrogen-bond acceptors (Lipinski definition) is 5. The minimum absolute atomic E-state index is 0.255. The van der Waals surface area contributed by atoms with E-state index >= 15 is 0 Å². The third-order valence-corrected chi connectivity index (χ3v) is 3.49. The minimum atomic E-state index is -3.18. The largest absolute Gasteiger partial charge is 0.460 e. The van der Waals surface area contributed by atoms with Gasteiger partial charge in [0.15, 0.2) is 9.84 Å². The standard InChI is InChI=1S/C14H21NO4S/c1-14(2,3)19-13(16)9-10-15-11-5-7-12(8-6-11)20(4,17)18/h5-8,15H,9-10H2,1-4H3. The molecule has 0 aliphatic rings. The zero-order valence-electron chi connectivity index (χ0n) is 12.3. The fraction of sp³-hybridized carbons (Fsp3) is 0.500. The molecule has 0 aliphatic carbocycles. The Morgan fingerprint density at radius 2 is 1.75 bits per heavy atom. The lowest BCUT2D eigenvalue weighted by Crippen LogP contribution is -2.25. The molecule has 0 aromatic heterocycles. The molecule has 1 rings (SSSR count). The van der Waals surface area contributed by atoms with Crippen molar-refractivity contribution in [2.75, 3.05) is 18.1 Å². The molecule has 0 atom stereocenters. The van der Waals surface area contributed by atoms with E-state index in [1.807, 2.05) is 20.8 Å². The fourth-order valence-electron chi connectivity index (χ4n) is 1.52. The zero-order chi connectivity index (χ0) is 15.4. The summed E-state index contributed by atoms with van der Waals surface area (Å²) >= 11 is 0. The summed E-state index contributed by atoms with van der Waals surface area (Å²) in [5.41, 5.74) is 0.287. The number of benzene rings is 1. The third-order valence-electron chi connectivity index (χ3n) is 2.36. The van der Waals surface area contributed by atoms with Gasteiger partial charge in [-0.25, -0.2) is 8.42 Å². The van der Waals surface area contributed by atoms with Crippen molar-refractivity contribution in [3.8, 4) is 0 Å². The predicted molar refractivity (Wildman–Crippen MR) is 78.5 cm³/mol. The molecule has 0 aliphatic heterocycles. The molecule has 5 nitrogen and oxygen atoms in total. The number of esters is 1. The lowest BCUT2D eigenvalue weighted by molar-refractivity contribution is -0.154. The summed E-state index contributed by atoms with van der Waals surface area (Å²) in [4.78, 5) is 11.8. The van der Waals surface area contributed by atoms with Crippen molar-refractivity contribution in [2.24, 2.45) is 0 Å². The van der Waals surface area contributed by atoms with Gasteiger partial charge in [-0.2, -0.15) is 0 Å². The molecule has 6 heteroatoms. The summed E-state index contributed by atoms with van der Waals surface area (Å²) in [5, 5.41) is 3.04. The van der Waals surface area contributed by atoms with Gasteiger partial charge in [0.25, 0.3) is 0 Å². The van der Waals surface area contributed by atoms with E-state index in [-0.39, 0.29) is 17.3 Å². The van der Waals surface area contributed by atoms with E-state index in [9.17, 15) is 13.2 Å². The van der Waals surface area contributed by atoms with E-state index in [0.29, 0.717) is 6.54 Å². The Morgan fingerprint density at radius 1 is 1.20 bits per heavy atom. The van der Waals surface area contributed by atoms with Crippen molar-refractivity contribution < 1.29 is 17.9 Å². The molecule has 0 amide bonds. The van der Waals surface area contributed by atoms with Gasteiger partial charge in [0, 0.05) is 18.5 Å². The van der Waals surface area contributed by atoms with E-state index in [1.54, 1.807) is 12.1 Å². The van der Waals surface area contributed by atoms with Crippen molar-refractivity contribution in [2.45, 2.75) is 37.7 Å². The van der Waals surface area contributed by atoms with E-state index in [2.05, 4.69) is 5.32 Å². The van der Waals surface area contributed by atoms with Crippen LogP contribution in [0.5, 0.6) is 0 Å². The van der Waals surface area contributed by atoms with Crippen LogP contribution in [-0.2, 0) is 19.4 Å². The van der Waals surface area contributed by atoms with Crippen molar-refractivity contribution in [1.29, 1.82) is 0 Å². The van der Waals surface area contributed by atoms with Crippen LogP contribution >= 0.6 is 0 Å². The molecule has 1 aromatic carbocycles. The van der Waals surface area contributed by atoms with Crippen molar-refractivity contribution in [1.82, 2.24) is 0 Å². The van der Waals surface area contributed by atoms with Gasteiger partial charge in [-0.1, -0.05) is 0 Å². The summed E-state index contributed by atoms with van der Waals surface area (Å²) < 4.78 is 27.8. The zero-order valence-corrected chi connectivity index (χ0v) is 13.1. The molecule has 1 aromatic rings. The van der Waals surface area contributed by atoms with Crippen LogP contribution in [0.1, 0.15) is 27.2 Å². The van der Waals surface area contributed by atoms with Crippen LogP contribution in [0.25, 0.3) is 0 Å². The first-order valence-electron chi connectivity index (χ1n) is 6.34. The van der Waals surface area contributed by atoms with E-state index < -0.39 is 15.4 Å². The number of hydrogen-bond donors (Lipinski definition) is 1. The molecule has 0 spiro atoms. The van der Waals surface area contributed by atoms with Crippen LogP contribution < -0.4 is 5.32 Å². The first kappa shape index (κ1) is 16.5. The highest BCUT2D eigenvalue weighted by Crippen LogP contribution is 2.14. The Morgan fingerprint density at radius 3 is 2.20 bits per heavy atom. The molecular formula is C14H21NO4S. The van der Waals surface area contributed by atoms with Gasteiger partial charge in [0.1, 0.15) is 5.60 Å². The first-order chi connectivity index (χ1) is 9.08. The highest BCUT2D eigenvalue weighted by atomic mass is 32.2. The lowest BCUT2D eigenvalue weighted by atomic mass is 10.2. The number of anilines is 1. The average Bonchev–Trinajstić information content (AvgIpc) is 2.26. The lowest BCUT2D eigenvalue weighted by Gasteiger charge is -2.19. The van der Waals surface area contributed by atoms with Crippen LogP contribution in [0, 0.1) is 0 Å². The van der Waals surface area contributed by atoms with E-state index in [0.717, 1.165) is 11.9 Å². The first-order valence-corrected chi connectivity index (χ1v) is 8.23. The fourth-order valence-corrected chi connectivity index (χ4v) is 2.15. The van der Waals surface area contributed by atoms with Crippen molar-refractivity contribution >= 4 is 21.5 Å². The highest BCUT2D eigenvalue weighted by molar-refractivity contribution is 7.90. The van der Waals surface area contributed by atoms with Crippen LogP contribution in [0.4, 0.5) is 5.69 Å². The highest BCUT2D eigenvalue weighted by Gasteiger charge is 2.15. The summed E-state index contributed by atoms with van der Waals surface area (Å²) in [6, 6.07) is 6.41. The molecule has 0 bridgehead atoms.